The number of thiazole rings is 1. The summed E-state index contributed by atoms with van der Waals surface area (Å²) < 4.78 is 0. The van der Waals surface area contributed by atoms with Crippen LogP contribution in [0.4, 0.5) is 10.9 Å². The molecule has 18 heavy (non-hydrogen) atoms. The second-order valence-corrected chi connectivity index (χ2v) is 5.73. The predicted molar refractivity (Wildman–Crippen MR) is 74.3 cm³/mol. The van der Waals surface area contributed by atoms with Gasteiger partial charge in [0.2, 0.25) is 0 Å². The third kappa shape index (κ3) is 2.52. The fourth-order valence-electron chi connectivity index (χ4n) is 2.17. The van der Waals surface area contributed by atoms with Crippen molar-refractivity contribution in [2.24, 2.45) is 0 Å². The van der Waals surface area contributed by atoms with Crippen molar-refractivity contribution < 1.29 is 0 Å². The average Bonchev–Trinajstić information content (AvgIpc) is 3.01. The van der Waals surface area contributed by atoms with Gasteiger partial charge >= 0.3 is 0 Å². The highest BCUT2D eigenvalue weighted by Crippen LogP contribution is 2.24. The molecule has 5 heteroatoms. The lowest BCUT2D eigenvalue weighted by atomic mass is 10.1. The first-order valence-corrected chi connectivity index (χ1v) is 7.03. The van der Waals surface area contributed by atoms with E-state index in [1.54, 1.807) is 11.3 Å². The van der Waals surface area contributed by atoms with Crippen molar-refractivity contribution in [2.75, 3.05) is 11.9 Å². The van der Waals surface area contributed by atoms with E-state index in [0.29, 0.717) is 6.04 Å². The van der Waals surface area contributed by atoms with Crippen LogP contribution in [0.5, 0.6) is 0 Å². The van der Waals surface area contributed by atoms with E-state index in [-0.39, 0.29) is 0 Å². The number of aromatic nitrogens is 2. The van der Waals surface area contributed by atoms with Crippen LogP contribution in [0.3, 0.4) is 0 Å². The summed E-state index contributed by atoms with van der Waals surface area (Å²) in [5.74, 6) is 0.871. The quantitative estimate of drug-likeness (QED) is 0.890. The van der Waals surface area contributed by atoms with E-state index in [1.165, 1.54) is 17.7 Å². The van der Waals surface area contributed by atoms with Crippen LogP contribution in [0.15, 0.2) is 24.4 Å². The molecule has 3 heterocycles. The molecule has 1 saturated heterocycles. The highest BCUT2D eigenvalue weighted by atomic mass is 32.1. The molecule has 1 aliphatic rings. The fourth-order valence-corrected chi connectivity index (χ4v) is 2.85. The summed E-state index contributed by atoms with van der Waals surface area (Å²) in [6, 6.07) is 6.52. The smallest absolute Gasteiger partial charge is 0.188 e. The Morgan fingerprint density at radius 2 is 2.39 bits per heavy atom. The zero-order chi connectivity index (χ0) is 12.4. The number of nitrogens with zero attached hydrogens (tertiary/aromatic N) is 2. The van der Waals surface area contributed by atoms with E-state index < -0.39 is 0 Å². The number of pyridine rings is 1. The number of nitrogens with one attached hydrogen (secondary N) is 2. The Bertz CT molecular complexity index is 531. The second-order valence-electron chi connectivity index (χ2n) is 4.50. The molecule has 0 aliphatic carbocycles. The molecule has 2 aromatic rings. The number of aryl methyl sites for hydroxylation is 1. The summed E-state index contributed by atoms with van der Waals surface area (Å²) in [6.45, 7) is 3.14. The lowest BCUT2D eigenvalue weighted by Crippen LogP contribution is -2.14. The maximum absolute atomic E-state index is 4.65. The van der Waals surface area contributed by atoms with Gasteiger partial charge in [-0.05, 0) is 38.4 Å². The van der Waals surface area contributed by atoms with Gasteiger partial charge in [0.05, 0.1) is 5.69 Å². The normalized spacial score (nSPS) is 19.1. The van der Waals surface area contributed by atoms with Crippen molar-refractivity contribution in [3.05, 3.63) is 35.0 Å². The molecule has 1 atom stereocenters. The first kappa shape index (κ1) is 11.6. The summed E-state index contributed by atoms with van der Waals surface area (Å²) in [6.07, 6.45) is 4.28. The maximum atomic E-state index is 4.65. The van der Waals surface area contributed by atoms with Crippen LogP contribution >= 0.6 is 11.3 Å². The average molecular weight is 260 g/mol. The van der Waals surface area contributed by atoms with E-state index >= 15 is 0 Å². The standard InChI is InChI=1S/C13H16N4S/c1-9-8-15-13(18-9)17-12-6-2-4-11(16-12)10-5-3-7-14-10/h2,4,6,8,10,14H,3,5,7H2,1H3,(H,15,16,17)/t10-/m1/s1. The van der Waals surface area contributed by atoms with Gasteiger partial charge in [-0.15, -0.1) is 11.3 Å². The molecule has 1 fully saturated rings. The van der Waals surface area contributed by atoms with Gasteiger partial charge in [0.15, 0.2) is 5.13 Å². The Balaban J connectivity index is 1.78. The topological polar surface area (TPSA) is 49.8 Å². The maximum Gasteiger partial charge on any atom is 0.188 e. The van der Waals surface area contributed by atoms with E-state index in [0.717, 1.165) is 23.2 Å². The zero-order valence-corrected chi connectivity index (χ0v) is 11.1. The molecule has 0 unspecified atom stereocenters. The highest BCUT2D eigenvalue weighted by molar-refractivity contribution is 7.15. The van der Waals surface area contributed by atoms with Crippen molar-refractivity contribution in [1.29, 1.82) is 0 Å². The number of hydrogen-bond donors (Lipinski definition) is 2. The van der Waals surface area contributed by atoms with Gasteiger partial charge in [-0.25, -0.2) is 9.97 Å². The van der Waals surface area contributed by atoms with Gasteiger partial charge in [0.25, 0.3) is 0 Å². The van der Waals surface area contributed by atoms with Gasteiger partial charge in [-0.1, -0.05) is 6.07 Å². The molecule has 0 amide bonds. The van der Waals surface area contributed by atoms with Crippen molar-refractivity contribution in [1.82, 2.24) is 15.3 Å². The number of hydrogen-bond acceptors (Lipinski definition) is 5. The molecule has 2 N–H and O–H groups in total. The number of anilines is 2. The minimum absolute atomic E-state index is 0.407. The third-order valence-corrected chi connectivity index (χ3v) is 3.87. The minimum atomic E-state index is 0.407. The van der Waals surface area contributed by atoms with Crippen LogP contribution in [0.25, 0.3) is 0 Å². The van der Waals surface area contributed by atoms with Crippen LogP contribution < -0.4 is 10.6 Å². The molecule has 0 spiro atoms. The Morgan fingerprint density at radius 3 is 3.11 bits per heavy atom. The zero-order valence-electron chi connectivity index (χ0n) is 10.3. The summed E-state index contributed by atoms with van der Waals surface area (Å²) >= 11 is 1.64. The first-order chi connectivity index (χ1) is 8.81. The lowest BCUT2D eigenvalue weighted by Gasteiger charge is -2.11. The molecule has 0 bridgehead atoms. The summed E-state index contributed by atoms with van der Waals surface area (Å²) in [7, 11) is 0. The van der Waals surface area contributed by atoms with Crippen molar-refractivity contribution in [3.63, 3.8) is 0 Å². The Labute approximate surface area is 110 Å². The summed E-state index contributed by atoms with van der Waals surface area (Å²) in [4.78, 5) is 10.1. The van der Waals surface area contributed by atoms with Crippen LogP contribution in [-0.2, 0) is 0 Å². The second kappa shape index (κ2) is 5.04. The molecular weight excluding hydrogens is 244 g/mol. The fraction of sp³-hybridized carbons (Fsp3) is 0.385. The summed E-state index contributed by atoms with van der Waals surface area (Å²) in [5, 5.41) is 7.62. The van der Waals surface area contributed by atoms with Crippen molar-refractivity contribution in [2.45, 2.75) is 25.8 Å². The van der Waals surface area contributed by atoms with E-state index in [2.05, 4.69) is 33.6 Å². The van der Waals surface area contributed by atoms with Crippen LogP contribution in [0.1, 0.15) is 29.5 Å². The monoisotopic (exact) mass is 260 g/mol. The molecule has 2 aromatic heterocycles. The van der Waals surface area contributed by atoms with E-state index in [1.807, 2.05) is 18.3 Å². The van der Waals surface area contributed by atoms with Gasteiger partial charge < -0.3 is 10.6 Å². The van der Waals surface area contributed by atoms with Gasteiger partial charge in [-0.2, -0.15) is 0 Å². The molecule has 1 aliphatic heterocycles. The Hall–Kier alpha value is -1.46. The molecule has 4 nitrogen and oxygen atoms in total. The highest BCUT2D eigenvalue weighted by Gasteiger charge is 2.17. The molecule has 0 saturated carbocycles. The van der Waals surface area contributed by atoms with Gasteiger partial charge in [0, 0.05) is 17.1 Å². The van der Waals surface area contributed by atoms with E-state index in [9.17, 15) is 0 Å². The molecule has 0 radical (unpaired) electrons. The molecular formula is C13H16N4S. The Morgan fingerprint density at radius 1 is 1.44 bits per heavy atom. The number of rotatable bonds is 3. The molecule has 0 aromatic carbocycles. The summed E-state index contributed by atoms with van der Waals surface area (Å²) in [5.41, 5.74) is 1.12. The third-order valence-electron chi connectivity index (χ3n) is 3.04. The largest absolute Gasteiger partial charge is 0.316 e. The van der Waals surface area contributed by atoms with Crippen LogP contribution in [0, 0.1) is 6.92 Å². The Kier molecular flexibility index (Phi) is 3.25. The SMILES string of the molecule is Cc1cnc(Nc2cccc([C@H]3CCCN3)n2)s1. The predicted octanol–water partition coefficient (Wildman–Crippen LogP) is 3.01. The van der Waals surface area contributed by atoms with Gasteiger partial charge in [-0.3, -0.25) is 0 Å². The van der Waals surface area contributed by atoms with E-state index in [4.69, 9.17) is 0 Å². The molecule has 3 rings (SSSR count). The van der Waals surface area contributed by atoms with Crippen molar-refractivity contribution in [3.8, 4) is 0 Å². The van der Waals surface area contributed by atoms with Crippen LogP contribution in [0.2, 0.25) is 0 Å². The van der Waals surface area contributed by atoms with Gasteiger partial charge in [0.1, 0.15) is 5.82 Å². The molecule has 94 valence electrons. The lowest BCUT2D eigenvalue weighted by molar-refractivity contribution is 0.629. The van der Waals surface area contributed by atoms with Crippen molar-refractivity contribution >= 4 is 22.3 Å². The minimum Gasteiger partial charge on any atom is -0.316 e. The first-order valence-electron chi connectivity index (χ1n) is 6.21. The van der Waals surface area contributed by atoms with Crippen LogP contribution in [-0.4, -0.2) is 16.5 Å².